The van der Waals surface area contributed by atoms with E-state index in [0.29, 0.717) is 11.3 Å². The number of amides is 1. The molecule has 0 saturated heterocycles. The van der Waals surface area contributed by atoms with Gasteiger partial charge in [-0.25, -0.2) is 9.37 Å². The fraction of sp³-hybridized carbons (Fsp3) is 0. The average molecular weight is 349 g/mol. The number of carbonyl (C=O) groups is 1. The minimum absolute atomic E-state index is 0.0172. The number of halogens is 2. The molecule has 25 heavy (non-hydrogen) atoms. The molecule has 1 aliphatic rings. The molecule has 1 amide bonds. The van der Waals surface area contributed by atoms with Gasteiger partial charge in [0.05, 0.1) is 33.0 Å². The van der Waals surface area contributed by atoms with Crippen LogP contribution in [-0.2, 0) is 0 Å². The smallest absolute Gasteiger partial charge is 0.264 e. The maximum Gasteiger partial charge on any atom is 0.264 e. The van der Waals surface area contributed by atoms with Crippen LogP contribution in [0.2, 0.25) is 5.02 Å². The maximum atomic E-state index is 13.5. The third-order valence-electron chi connectivity index (χ3n) is 4.50. The van der Waals surface area contributed by atoms with Gasteiger partial charge in [-0.15, -0.1) is 0 Å². The van der Waals surface area contributed by atoms with Crippen LogP contribution >= 0.6 is 11.6 Å². The Morgan fingerprint density at radius 2 is 1.76 bits per heavy atom. The molecule has 120 valence electrons. The van der Waals surface area contributed by atoms with Gasteiger partial charge >= 0.3 is 0 Å². The predicted molar refractivity (Wildman–Crippen MR) is 97.1 cm³/mol. The molecule has 2 heterocycles. The van der Waals surface area contributed by atoms with E-state index in [0.717, 1.165) is 27.5 Å². The first-order chi connectivity index (χ1) is 12.1. The van der Waals surface area contributed by atoms with Crippen molar-refractivity contribution in [3.05, 3.63) is 77.1 Å². The Balaban J connectivity index is 1.86. The number of benzene rings is 3. The fourth-order valence-electron chi connectivity index (χ4n) is 3.43. The molecule has 5 rings (SSSR count). The molecular formula is C20H10ClFN2O. The van der Waals surface area contributed by atoms with E-state index in [-0.39, 0.29) is 10.9 Å². The summed E-state index contributed by atoms with van der Waals surface area (Å²) in [7, 11) is 0. The summed E-state index contributed by atoms with van der Waals surface area (Å²) in [4.78, 5) is 19.5. The molecule has 0 radical (unpaired) electrons. The second-order valence-electron chi connectivity index (χ2n) is 5.91. The zero-order valence-corrected chi connectivity index (χ0v) is 13.6. The summed E-state index contributed by atoms with van der Waals surface area (Å²) in [6, 6.07) is 17.5. The van der Waals surface area contributed by atoms with Gasteiger partial charge in [0.2, 0.25) is 0 Å². The molecule has 0 spiro atoms. The van der Waals surface area contributed by atoms with Gasteiger partial charge in [0.25, 0.3) is 5.91 Å². The van der Waals surface area contributed by atoms with Crippen LogP contribution in [0.5, 0.6) is 0 Å². The zero-order chi connectivity index (χ0) is 17.1. The summed E-state index contributed by atoms with van der Waals surface area (Å²) in [6.45, 7) is 0. The number of nitrogens with zero attached hydrogens (tertiary/aromatic N) is 2. The quantitative estimate of drug-likeness (QED) is 0.427. The third kappa shape index (κ3) is 1.91. The first-order valence-electron chi connectivity index (χ1n) is 7.76. The Labute approximate surface area is 147 Å². The van der Waals surface area contributed by atoms with Crippen molar-refractivity contribution in [3.63, 3.8) is 0 Å². The van der Waals surface area contributed by atoms with Gasteiger partial charge in [-0.2, -0.15) is 0 Å². The third-order valence-corrected chi connectivity index (χ3v) is 4.79. The standard InChI is InChI=1S/C20H10ClFN2O/c21-13-10-11(8-9-14(13)22)24-17-7-3-6-16-19(17)18(20(24)25)12-4-1-2-5-15(12)23-16/h1-10H. The Morgan fingerprint density at radius 3 is 2.60 bits per heavy atom. The summed E-state index contributed by atoms with van der Waals surface area (Å²) >= 11 is 5.92. The Morgan fingerprint density at radius 1 is 0.960 bits per heavy atom. The van der Waals surface area contributed by atoms with Crippen molar-refractivity contribution in [1.82, 2.24) is 4.98 Å². The van der Waals surface area contributed by atoms with Crippen LogP contribution in [0.15, 0.2) is 60.7 Å². The highest BCUT2D eigenvalue weighted by atomic mass is 35.5. The molecular weight excluding hydrogens is 339 g/mol. The number of pyridine rings is 1. The summed E-state index contributed by atoms with van der Waals surface area (Å²) in [5.74, 6) is -0.674. The second-order valence-corrected chi connectivity index (χ2v) is 6.32. The van der Waals surface area contributed by atoms with Gasteiger partial charge in [-0.05, 0) is 36.4 Å². The zero-order valence-electron chi connectivity index (χ0n) is 12.8. The monoisotopic (exact) mass is 348 g/mol. The number of fused-ring (bicyclic) bond motifs is 2. The average Bonchev–Trinajstić information content (AvgIpc) is 2.92. The molecule has 3 aromatic carbocycles. The normalized spacial score (nSPS) is 13.2. The van der Waals surface area contributed by atoms with Crippen molar-refractivity contribution in [1.29, 1.82) is 0 Å². The molecule has 0 saturated carbocycles. The van der Waals surface area contributed by atoms with Gasteiger partial charge in [0, 0.05) is 10.8 Å². The summed E-state index contributed by atoms with van der Waals surface area (Å²) in [5, 5.41) is 1.60. The topological polar surface area (TPSA) is 33.2 Å². The van der Waals surface area contributed by atoms with Crippen LogP contribution in [0.3, 0.4) is 0 Å². The van der Waals surface area contributed by atoms with Gasteiger partial charge in [0.1, 0.15) is 5.82 Å². The van der Waals surface area contributed by atoms with Crippen LogP contribution in [0.4, 0.5) is 15.8 Å². The highest BCUT2D eigenvalue weighted by molar-refractivity contribution is 6.33. The van der Waals surface area contributed by atoms with E-state index in [4.69, 9.17) is 11.6 Å². The first kappa shape index (κ1) is 14.4. The molecule has 0 N–H and O–H groups in total. The van der Waals surface area contributed by atoms with Gasteiger partial charge < -0.3 is 0 Å². The van der Waals surface area contributed by atoms with Crippen molar-refractivity contribution in [2.75, 3.05) is 4.90 Å². The first-order valence-corrected chi connectivity index (χ1v) is 8.14. The summed E-state index contributed by atoms with van der Waals surface area (Å²) in [5.41, 5.74) is 3.42. The lowest BCUT2D eigenvalue weighted by molar-refractivity contribution is 0.101. The predicted octanol–water partition coefficient (Wildman–Crippen LogP) is 5.47. The van der Waals surface area contributed by atoms with Crippen molar-refractivity contribution in [2.24, 2.45) is 0 Å². The van der Waals surface area contributed by atoms with E-state index in [2.05, 4.69) is 4.98 Å². The fourth-order valence-corrected chi connectivity index (χ4v) is 3.61. The maximum absolute atomic E-state index is 13.5. The number of aromatic nitrogens is 1. The van der Waals surface area contributed by atoms with Crippen LogP contribution < -0.4 is 4.90 Å². The molecule has 3 nitrogen and oxygen atoms in total. The highest BCUT2D eigenvalue weighted by Gasteiger charge is 2.33. The van der Waals surface area contributed by atoms with E-state index in [1.54, 1.807) is 11.0 Å². The van der Waals surface area contributed by atoms with E-state index in [9.17, 15) is 9.18 Å². The molecule has 0 aliphatic carbocycles. The van der Waals surface area contributed by atoms with E-state index in [1.807, 2.05) is 42.5 Å². The SMILES string of the molecule is O=C1c2c3ccccc3nc3cccc(c23)N1c1ccc(F)c(Cl)c1. The lowest BCUT2D eigenvalue weighted by Gasteiger charge is -2.18. The van der Waals surface area contributed by atoms with Crippen LogP contribution in [0.25, 0.3) is 21.8 Å². The Hall–Kier alpha value is -2.98. The van der Waals surface area contributed by atoms with Crippen LogP contribution in [0, 0.1) is 5.82 Å². The minimum Gasteiger partial charge on any atom is -0.276 e. The molecule has 0 unspecified atom stereocenters. The lowest BCUT2D eigenvalue weighted by Crippen LogP contribution is -2.21. The largest absolute Gasteiger partial charge is 0.276 e. The van der Waals surface area contributed by atoms with E-state index >= 15 is 0 Å². The molecule has 4 aromatic rings. The number of anilines is 2. The Kier molecular flexibility index (Phi) is 2.88. The summed E-state index contributed by atoms with van der Waals surface area (Å²) < 4.78 is 13.5. The minimum atomic E-state index is -0.514. The van der Waals surface area contributed by atoms with Crippen molar-refractivity contribution < 1.29 is 9.18 Å². The molecule has 1 aliphatic heterocycles. The second kappa shape index (κ2) is 5.01. The highest BCUT2D eigenvalue weighted by Crippen LogP contribution is 2.44. The number of para-hydroxylation sites is 1. The van der Waals surface area contributed by atoms with Gasteiger partial charge in [0.15, 0.2) is 0 Å². The van der Waals surface area contributed by atoms with Crippen molar-refractivity contribution >= 4 is 50.7 Å². The Bertz CT molecular complexity index is 1210. The molecule has 0 bridgehead atoms. The lowest BCUT2D eigenvalue weighted by atomic mass is 10.0. The van der Waals surface area contributed by atoms with Crippen LogP contribution in [-0.4, -0.2) is 10.9 Å². The van der Waals surface area contributed by atoms with Crippen molar-refractivity contribution in [3.8, 4) is 0 Å². The van der Waals surface area contributed by atoms with Crippen molar-refractivity contribution in [2.45, 2.75) is 0 Å². The molecule has 1 aromatic heterocycles. The number of hydrogen-bond acceptors (Lipinski definition) is 2. The molecule has 0 atom stereocenters. The number of hydrogen-bond donors (Lipinski definition) is 0. The van der Waals surface area contributed by atoms with E-state index in [1.165, 1.54) is 12.1 Å². The number of carbonyl (C=O) groups excluding carboxylic acids is 1. The molecule has 5 heteroatoms. The summed E-state index contributed by atoms with van der Waals surface area (Å²) in [6.07, 6.45) is 0. The van der Waals surface area contributed by atoms with E-state index < -0.39 is 5.82 Å². The molecule has 0 fully saturated rings. The van der Waals surface area contributed by atoms with Gasteiger partial charge in [-0.3, -0.25) is 9.69 Å². The number of rotatable bonds is 1. The van der Waals surface area contributed by atoms with Crippen LogP contribution in [0.1, 0.15) is 10.4 Å². The van der Waals surface area contributed by atoms with Gasteiger partial charge in [-0.1, -0.05) is 35.9 Å².